The van der Waals surface area contributed by atoms with Gasteiger partial charge in [-0.15, -0.1) is 0 Å². The lowest BCUT2D eigenvalue weighted by molar-refractivity contribution is -0.131. The van der Waals surface area contributed by atoms with Crippen LogP contribution in [0.25, 0.3) is 6.08 Å². The number of thioether (sulfide) groups is 1. The van der Waals surface area contributed by atoms with Gasteiger partial charge in [0.2, 0.25) is 0 Å². The van der Waals surface area contributed by atoms with Crippen LogP contribution in [0.3, 0.4) is 0 Å². The molecule has 6 heteroatoms. The van der Waals surface area contributed by atoms with Crippen molar-refractivity contribution in [3.8, 4) is 0 Å². The van der Waals surface area contributed by atoms with Crippen LogP contribution in [-0.2, 0) is 4.79 Å². The van der Waals surface area contributed by atoms with Gasteiger partial charge in [0, 0.05) is 17.9 Å². The summed E-state index contributed by atoms with van der Waals surface area (Å²) in [5, 5.41) is 11.3. The van der Waals surface area contributed by atoms with Gasteiger partial charge in [0.15, 0.2) is 0 Å². The molecule has 1 rings (SSSR count). The van der Waals surface area contributed by atoms with Crippen molar-refractivity contribution in [2.75, 3.05) is 12.0 Å². The molecule has 0 aliphatic heterocycles. The van der Waals surface area contributed by atoms with Crippen LogP contribution in [0.4, 0.5) is 4.39 Å². The van der Waals surface area contributed by atoms with E-state index in [0.29, 0.717) is 5.56 Å². The monoisotopic (exact) mass is 311 g/mol. The van der Waals surface area contributed by atoms with Gasteiger partial charge in [-0.1, -0.05) is 13.0 Å². The largest absolute Gasteiger partial charge is 0.478 e. The molecule has 0 fully saturated rings. The highest BCUT2D eigenvalue weighted by Crippen LogP contribution is 2.13. The lowest BCUT2D eigenvalue weighted by Gasteiger charge is -2.16. The molecule has 1 atom stereocenters. The number of aliphatic carboxylic acids is 1. The Morgan fingerprint density at radius 1 is 1.48 bits per heavy atom. The van der Waals surface area contributed by atoms with E-state index in [1.54, 1.807) is 11.8 Å². The molecular weight excluding hydrogens is 293 g/mol. The van der Waals surface area contributed by atoms with Crippen LogP contribution in [0.5, 0.6) is 0 Å². The first kappa shape index (κ1) is 17.2. The molecule has 0 aromatic heterocycles. The highest BCUT2D eigenvalue weighted by atomic mass is 32.2. The van der Waals surface area contributed by atoms with E-state index in [1.165, 1.54) is 18.2 Å². The third-order valence-corrected chi connectivity index (χ3v) is 3.59. The minimum absolute atomic E-state index is 0.00140. The van der Waals surface area contributed by atoms with E-state index in [1.807, 2.05) is 13.2 Å². The Morgan fingerprint density at radius 3 is 2.71 bits per heavy atom. The third-order valence-electron chi connectivity index (χ3n) is 2.85. The van der Waals surface area contributed by atoms with Gasteiger partial charge in [0.05, 0.1) is 5.56 Å². The summed E-state index contributed by atoms with van der Waals surface area (Å²) in [5.41, 5.74) is 0.352. The average Bonchev–Trinajstić information content (AvgIpc) is 2.44. The van der Waals surface area contributed by atoms with Crippen LogP contribution >= 0.6 is 11.8 Å². The van der Waals surface area contributed by atoms with Gasteiger partial charge >= 0.3 is 5.97 Å². The van der Waals surface area contributed by atoms with Crippen molar-refractivity contribution in [3.63, 3.8) is 0 Å². The second-order valence-corrected chi connectivity index (χ2v) is 5.36. The molecule has 2 N–H and O–H groups in total. The van der Waals surface area contributed by atoms with Crippen LogP contribution in [0.15, 0.2) is 24.3 Å². The molecule has 1 amide bonds. The minimum atomic E-state index is -1.11. The fraction of sp³-hybridized carbons (Fsp3) is 0.333. The Kier molecular flexibility index (Phi) is 6.94. The van der Waals surface area contributed by atoms with E-state index in [0.717, 1.165) is 24.3 Å². The lowest BCUT2D eigenvalue weighted by atomic mass is 10.1. The predicted octanol–water partition coefficient (Wildman–Crippen LogP) is 2.79. The topological polar surface area (TPSA) is 66.4 Å². The molecule has 0 aliphatic rings. The Hall–Kier alpha value is -1.82. The minimum Gasteiger partial charge on any atom is -0.478 e. The quantitative estimate of drug-likeness (QED) is 0.760. The van der Waals surface area contributed by atoms with Crippen molar-refractivity contribution in [1.82, 2.24) is 5.32 Å². The summed E-state index contributed by atoms with van der Waals surface area (Å²) in [4.78, 5) is 22.4. The fourth-order valence-corrected chi connectivity index (χ4v) is 2.43. The van der Waals surface area contributed by atoms with E-state index in [9.17, 15) is 14.0 Å². The summed E-state index contributed by atoms with van der Waals surface area (Å²) >= 11 is 1.61. The Labute approximate surface area is 127 Å². The first-order chi connectivity index (χ1) is 9.97. The van der Waals surface area contributed by atoms with Crippen LogP contribution in [0.2, 0.25) is 0 Å². The number of rotatable bonds is 7. The van der Waals surface area contributed by atoms with Crippen molar-refractivity contribution < 1.29 is 19.1 Å². The number of amides is 1. The SMILES string of the molecule is CCC(CSC)NC(=O)c1ccc(/C=C/C(=O)O)cc1F. The van der Waals surface area contributed by atoms with E-state index in [4.69, 9.17) is 5.11 Å². The molecule has 0 heterocycles. The van der Waals surface area contributed by atoms with Crippen molar-refractivity contribution in [2.24, 2.45) is 0 Å². The normalized spacial score (nSPS) is 12.3. The Bertz CT molecular complexity index is 546. The van der Waals surface area contributed by atoms with Gasteiger partial charge in [-0.2, -0.15) is 11.8 Å². The fourth-order valence-electron chi connectivity index (χ4n) is 1.71. The number of hydrogen-bond donors (Lipinski definition) is 2. The summed E-state index contributed by atoms with van der Waals surface area (Å²) in [6, 6.07) is 4.01. The molecular formula is C15H18FNO3S. The lowest BCUT2D eigenvalue weighted by Crippen LogP contribution is -2.36. The molecule has 4 nitrogen and oxygen atoms in total. The van der Waals surface area contributed by atoms with Crippen LogP contribution < -0.4 is 5.32 Å². The van der Waals surface area contributed by atoms with Crippen LogP contribution in [-0.4, -0.2) is 35.0 Å². The van der Waals surface area contributed by atoms with Gasteiger partial charge in [-0.25, -0.2) is 9.18 Å². The number of halogens is 1. The summed E-state index contributed by atoms with van der Waals surface area (Å²) in [6.07, 6.45) is 4.91. The maximum Gasteiger partial charge on any atom is 0.328 e. The number of benzene rings is 1. The maximum absolute atomic E-state index is 13.9. The Morgan fingerprint density at radius 2 is 2.19 bits per heavy atom. The van der Waals surface area contributed by atoms with Crippen molar-refractivity contribution in [2.45, 2.75) is 19.4 Å². The standard InChI is InChI=1S/C15H18FNO3S/c1-3-11(9-21-2)17-15(20)12-6-4-10(8-13(12)16)5-7-14(18)19/h4-8,11H,3,9H2,1-2H3,(H,17,20)(H,18,19)/b7-5+. The molecule has 0 spiro atoms. The van der Waals surface area contributed by atoms with Gasteiger partial charge < -0.3 is 10.4 Å². The molecule has 21 heavy (non-hydrogen) atoms. The molecule has 1 aromatic carbocycles. The zero-order valence-corrected chi connectivity index (χ0v) is 12.7. The number of carbonyl (C=O) groups is 2. The number of carboxylic acid groups (broad SMARTS) is 1. The van der Waals surface area contributed by atoms with E-state index >= 15 is 0 Å². The predicted molar refractivity (Wildman–Crippen MR) is 83.0 cm³/mol. The molecule has 114 valence electrons. The van der Waals surface area contributed by atoms with Gasteiger partial charge in [-0.3, -0.25) is 4.79 Å². The zero-order valence-electron chi connectivity index (χ0n) is 11.9. The van der Waals surface area contributed by atoms with E-state index in [-0.39, 0.29) is 11.6 Å². The van der Waals surface area contributed by atoms with Crippen LogP contribution in [0.1, 0.15) is 29.3 Å². The van der Waals surface area contributed by atoms with E-state index in [2.05, 4.69) is 5.32 Å². The highest BCUT2D eigenvalue weighted by molar-refractivity contribution is 7.98. The number of nitrogens with one attached hydrogen (secondary N) is 1. The second-order valence-electron chi connectivity index (χ2n) is 4.44. The summed E-state index contributed by atoms with van der Waals surface area (Å²) in [6.45, 7) is 1.96. The molecule has 1 aromatic rings. The summed E-state index contributed by atoms with van der Waals surface area (Å²) in [5.74, 6) is -1.47. The second kappa shape index (κ2) is 8.46. The highest BCUT2D eigenvalue weighted by Gasteiger charge is 2.15. The van der Waals surface area contributed by atoms with Gasteiger partial charge in [-0.05, 0) is 36.4 Å². The van der Waals surface area contributed by atoms with Crippen molar-refractivity contribution in [3.05, 3.63) is 41.2 Å². The first-order valence-corrected chi connectivity index (χ1v) is 7.87. The summed E-state index contributed by atoms with van der Waals surface area (Å²) in [7, 11) is 0. The summed E-state index contributed by atoms with van der Waals surface area (Å²) < 4.78 is 13.9. The Balaban J connectivity index is 2.84. The van der Waals surface area contributed by atoms with Gasteiger partial charge in [0.1, 0.15) is 5.82 Å². The molecule has 0 aliphatic carbocycles. The van der Waals surface area contributed by atoms with E-state index < -0.39 is 17.7 Å². The van der Waals surface area contributed by atoms with Crippen LogP contribution in [0, 0.1) is 5.82 Å². The molecule has 1 unspecified atom stereocenters. The maximum atomic E-state index is 13.9. The molecule has 0 radical (unpaired) electrons. The van der Waals surface area contributed by atoms with Gasteiger partial charge in [0.25, 0.3) is 5.91 Å². The average molecular weight is 311 g/mol. The number of hydrogen-bond acceptors (Lipinski definition) is 3. The molecule has 0 bridgehead atoms. The van der Waals surface area contributed by atoms with Crippen molar-refractivity contribution in [1.29, 1.82) is 0 Å². The van der Waals surface area contributed by atoms with Crippen molar-refractivity contribution >= 4 is 29.7 Å². The number of carbonyl (C=O) groups excluding carboxylic acids is 1. The molecule has 0 saturated heterocycles. The smallest absolute Gasteiger partial charge is 0.328 e. The number of carboxylic acids is 1. The zero-order chi connectivity index (χ0) is 15.8. The molecule has 0 saturated carbocycles. The third kappa shape index (κ3) is 5.59. The first-order valence-electron chi connectivity index (χ1n) is 6.48.